The van der Waals surface area contributed by atoms with E-state index in [1.165, 1.54) is 11.8 Å². The molecule has 0 heterocycles. The highest BCUT2D eigenvalue weighted by Gasteiger charge is 2.22. The van der Waals surface area contributed by atoms with Crippen LogP contribution in [0.15, 0.2) is 23.1 Å². The van der Waals surface area contributed by atoms with Crippen LogP contribution < -0.4 is 5.32 Å². The lowest BCUT2D eigenvalue weighted by molar-refractivity contribution is -0.118. The number of carbonyl (C=O) groups excluding carboxylic acids is 1. The second kappa shape index (κ2) is 5.44. The van der Waals surface area contributed by atoms with Gasteiger partial charge in [-0.05, 0) is 31.0 Å². The number of carbonyl (C=O) groups is 1. The van der Waals surface area contributed by atoms with E-state index >= 15 is 0 Å². The molecule has 3 nitrogen and oxygen atoms in total. The molecule has 0 unspecified atom stereocenters. The highest BCUT2D eigenvalue weighted by molar-refractivity contribution is 8.00. The standard InChI is InChI=1S/C12H11ClN2OS/c13-11-5-10(4-1-8(11)6-14)17-7-12(16)15-9-2-3-9/h1,4-5,9H,2-3,7H2,(H,15,16). The van der Waals surface area contributed by atoms with Crippen molar-refractivity contribution >= 4 is 29.3 Å². The minimum atomic E-state index is 0.0537. The predicted octanol–water partition coefficient (Wildman–Crippen LogP) is 2.58. The Bertz CT molecular complexity index is 480. The fraction of sp³-hybridized carbons (Fsp3) is 0.333. The van der Waals surface area contributed by atoms with Crippen molar-refractivity contribution < 1.29 is 4.79 Å². The van der Waals surface area contributed by atoms with Gasteiger partial charge in [0, 0.05) is 10.9 Å². The first-order valence-electron chi connectivity index (χ1n) is 5.31. The van der Waals surface area contributed by atoms with Crippen LogP contribution in [0.2, 0.25) is 5.02 Å². The lowest BCUT2D eigenvalue weighted by atomic mass is 10.2. The number of hydrogen-bond donors (Lipinski definition) is 1. The number of benzene rings is 1. The Morgan fingerprint density at radius 2 is 2.35 bits per heavy atom. The third-order valence-electron chi connectivity index (χ3n) is 2.37. The van der Waals surface area contributed by atoms with Crippen LogP contribution in [0, 0.1) is 11.3 Å². The number of nitrogens with one attached hydrogen (secondary N) is 1. The molecule has 0 radical (unpaired) electrons. The van der Waals surface area contributed by atoms with Crippen LogP contribution in [-0.4, -0.2) is 17.7 Å². The van der Waals surface area contributed by atoms with E-state index in [0.717, 1.165) is 17.7 Å². The molecule has 0 atom stereocenters. The number of hydrogen-bond acceptors (Lipinski definition) is 3. The van der Waals surface area contributed by atoms with Crippen molar-refractivity contribution in [1.29, 1.82) is 5.26 Å². The first-order chi connectivity index (χ1) is 8.19. The van der Waals surface area contributed by atoms with Crippen LogP contribution in [0.4, 0.5) is 0 Å². The van der Waals surface area contributed by atoms with Gasteiger partial charge in [0.25, 0.3) is 0 Å². The van der Waals surface area contributed by atoms with Crippen molar-refractivity contribution in [3.8, 4) is 6.07 Å². The highest BCUT2D eigenvalue weighted by atomic mass is 35.5. The summed E-state index contributed by atoms with van der Waals surface area (Å²) in [6, 6.07) is 7.59. The second-order valence-corrected chi connectivity index (χ2v) is 5.34. The Kier molecular flexibility index (Phi) is 3.93. The van der Waals surface area contributed by atoms with Gasteiger partial charge in [-0.25, -0.2) is 0 Å². The smallest absolute Gasteiger partial charge is 0.230 e. The molecule has 1 aromatic rings. The largest absolute Gasteiger partial charge is 0.353 e. The molecule has 1 fully saturated rings. The minimum absolute atomic E-state index is 0.0537. The maximum absolute atomic E-state index is 11.5. The average molecular weight is 267 g/mol. The molecule has 2 rings (SSSR count). The molecular formula is C12H11ClN2OS. The molecule has 0 aliphatic heterocycles. The van der Waals surface area contributed by atoms with E-state index in [0.29, 0.717) is 22.4 Å². The Balaban J connectivity index is 1.88. The lowest BCUT2D eigenvalue weighted by Crippen LogP contribution is -2.26. The molecule has 1 aromatic carbocycles. The fourth-order valence-corrected chi connectivity index (χ4v) is 2.36. The lowest BCUT2D eigenvalue weighted by Gasteiger charge is -2.04. The van der Waals surface area contributed by atoms with Gasteiger partial charge in [-0.15, -0.1) is 11.8 Å². The monoisotopic (exact) mass is 266 g/mol. The van der Waals surface area contributed by atoms with Gasteiger partial charge >= 0.3 is 0 Å². The van der Waals surface area contributed by atoms with Crippen molar-refractivity contribution in [3.05, 3.63) is 28.8 Å². The average Bonchev–Trinajstić information content (AvgIpc) is 3.10. The number of amides is 1. The van der Waals surface area contributed by atoms with E-state index in [9.17, 15) is 4.79 Å². The van der Waals surface area contributed by atoms with Crippen molar-refractivity contribution in [1.82, 2.24) is 5.32 Å². The van der Waals surface area contributed by atoms with Crippen molar-refractivity contribution in [3.63, 3.8) is 0 Å². The summed E-state index contributed by atoms with van der Waals surface area (Å²) in [7, 11) is 0. The molecule has 17 heavy (non-hydrogen) atoms. The summed E-state index contributed by atoms with van der Waals surface area (Å²) < 4.78 is 0. The summed E-state index contributed by atoms with van der Waals surface area (Å²) in [5.74, 6) is 0.441. The number of nitriles is 1. The molecular weight excluding hydrogens is 256 g/mol. The molecule has 1 N–H and O–H groups in total. The van der Waals surface area contributed by atoms with Gasteiger partial charge in [0.2, 0.25) is 5.91 Å². The molecule has 0 saturated heterocycles. The molecule has 88 valence electrons. The van der Waals surface area contributed by atoms with Gasteiger partial charge in [0.15, 0.2) is 0 Å². The van der Waals surface area contributed by atoms with Crippen LogP contribution >= 0.6 is 23.4 Å². The Morgan fingerprint density at radius 1 is 1.59 bits per heavy atom. The summed E-state index contributed by atoms with van der Waals surface area (Å²) >= 11 is 7.33. The summed E-state index contributed by atoms with van der Waals surface area (Å²) in [6.45, 7) is 0. The molecule has 0 aromatic heterocycles. The molecule has 1 aliphatic rings. The maximum Gasteiger partial charge on any atom is 0.230 e. The second-order valence-electron chi connectivity index (χ2n) is 3.88. The quantitative estimate of drug-likeness (QED) is 0.853. The van der Waals surface area contributed by atoms with Crippen LogP contribution in [0.1, 0.15) is 18.4 Å². The Hall–Kier alpha value is -1.18. The van der Waals surface area contributed by atoms with Crippen LogP contribution in [-0.2, 0) is 4.79 Å². The highest BCUT2D eigenvalue weighted by Crippen LogP contribution is 2.25. The number of halogens is 1. The third kappa shape index (κ3) is 3.65. The summed E-state index contributed by atoms with van der Waals surface area (Å²) in [5, 5.41) is 12.1. The summed E-state index contributed by atoms with van der Waals surface area (Å²) in [5.41, 5.74) is 0.457. The van der Waals surface area contributed by atoms with Crippen molar-refractivity contribution in [2.24, 2.45) is 0 Å². The van der Waals surface area contributed by atoms with Crippen LogP contribution in [0.3, 0.4) is 0 Å². The van der Waals surface area contributed by atoms with Gasteiger partial charge in [-0.3, -0.25) is 4.79 Å². The fourth-order valence-electron chi connectivity index (χ4n) is 1.32. The van der Waals surface area contributed by atoms with Gasteiger partial charge in [0.05, 0.1) is 16.3 Å². The zero-order chi connectivity index (χ0) is 12.3. The Labute approximate surface area is 109 Å². The van der Waals surface area contributed by atoms with E-state index < -0.39 is 0 Å². The van der Waals surface area contributed by atoms with Crippen LogP contribution in [0.5, 0.6) is 0 Å². The zero-order valence-corrected chi connectivity index (χ0v) is 10.6. The summed E-state index contributed by atoms with van der Waals surface area (Å²) in [4.78, 5) is 12.4. The van der Waals surface area contributed by atoms with Gasteiger partial charge in [-0.1, -0.05) is 11.6 Å². The third-order valence-corrected chi connectivity index (χ3v) is 3.68. The maximum atomic E-state index is 11.5. The van der Waals surface area contributed by atoms with Crippen molar-refractivity contribution in [2.45, 2.75) is 23.8 Å². The molecule has 5 heteroatoms. The topological polar surface area (TPSA) is 52.9 Å². The van der Waals surface area contributed by atoms with E-state index in [-0.39, 0.29) is 5.91 Å². The van der Waals surface area contributed by atoms with Gasteiger partial charge in [0.1, 0.15) is 6.07 Å². The molecule has 1 aliphatic carbocycles. The summed E-state index contributed by atoms with van der Waals surface area (Å²) in [6.07, 6.45) is 2.19. The number of nitrogens with zero attached hydrogens (tertiary/aromatic N) is 1. The first kappa shape index (κ1) is 12.3. The zero-order valence-electron chi connectivity index (χ0n) is 9.07. The number of rotatable bonds is 4. The van der Waals surface area contributed by atoms with Gasteiger partial charge in [-0.2, -0.15) is 5.26 Å². The SMILES string of the molecule is N#Cc1ccc(SCC(=O)NC2CC2)cc1Cl. The first-order valence-corrected chi connectivity index (χ1v) is 6.67. The molecule has 0 bridgehead atoms. The molecule has 1 amide bonds. The van der Waals surface area contributed by atoms with Gasteiger partial charge < -0.3 is 5.32 Å². The van der Waals surface area contributed by atoms with Crippen molar-refractivity contribution in [2.75, 3.05) is 5.75 Å². The minimum Gasteiger partial charge on any atom is -0.353 e. The van der Waals surface area contributed by atoms with E-state index in [1.54, 1.807) is 18.2 Å². The normalized spacial score (nSPS) is 14.1. The van der Waals surface area contributed by atoms with E-state index in [1.807, 2.05) is 6.07 Å². The predicted molar refractivity (Wildman–Crippen MR) is 68.1 cm³/mol. The van der Waals surface area contributed by atoms with Crippen LogP contribution in [0.25, 0.3) is 0 Å². The van der Waals surface area contributed by atoms with E-state index in [4.69, 9.17) is 16.9 Å². The molecule has 0 spiro atoms. The number of thioether (sulfide) groups is 1. The molecule has 1 saturated carbocycles. The van der Waals surface area contributed by atoms with E-state index in [2.05, 4.69) is 5.32 Å². The Morgan fingerprint density at radius 3 is 2.94 bits per heavy atom.